The van der Waals surface area contributed by atoms with Crippen LogP contribution in [0, 0.1) is 5.92 Å². The number of rotatable bonds is 4. The minimum absolute atomic E-state index is 0.163. The van der Waals surface area contributed by atoms with Crippen LogP contribution in [-0.2, 0) is 11.3 Å². The number of phenols is 1. The Morgan fingerprint density at radius 2 is 2.03 bits per heavy atom. The molecule has 0 bridgehead atoms. The molecule has 2 heterocycles. The molecule has 2 aliphatic rings. The van der Waals surface area contributed by atoms with Crippen molar-refractivity contribution < 1.29 is 29.1 Å². The molecule has 0 spiro atoms. The zero-order valence-electron chi connectivity index (χ0n) is 17.2. The Kier molecular flexibility index (Phi) is 5.59. The Hall–Kier alpha value is -3.12. The predicted octanol–water partition coefficient (Wildman–Crippen LogP) is 2.61. The van der Waals surface area contributed by atoms with Gasteiger partial charge in [0.2, 0.25) is 5.78 Å². The molecule has 2 aliphatic heterocycles. The standard InChI is InChI=1S/C24H25NO5/c1-15-4-3-11-25(13-15)14-19-20(26)10-9-18-22(27)21(30-23(18)19)12-16-5-7-17(8-6-16)24(28)29-2/h5-10,12,15,26H,3-4,11,13-14H2,1-2H3/p+1/b21-12-/t15-/m0/s1. The van der Waals surface area contributed by atoms with Crippen molar-refractivity contribution in [1.29, 1.82) is 0 Å². The van der Waals surface area contributed by atoms with Gasteiger partial charge in [-0.3, -0.25) is 4.79 Å². The molecule has 1 fully saturated rings. The zero-order chi connectivity index (χ0) is 21.3. The van der Waals surface area contributed by atoms with Crippen LogP contribution in [0.15, 0.2) is 42.2 Å². The first-order valence-corrected chi connectivity index (χ1v) is 10.3. The molecule has 0 aromatic heterocycles. The topological polar surface area (TPSA) is 77.3 Å². The van der Waals surface area contributed by atoms with Crippen LogP contribution in [0.25, 0.3) is 6.08 Å². The number of piperidine rings is 1. The van der Waals surface area contributed by atoms with E-state index in [9.17, 15) is 14.7 Å². The number of ketones is 1. The van der Waals surface area contributed by atoms with E-state index in [1.165, 1.54) is 24.9 Å². The maximum Gasteiger partial charge on any atom is 0.337 e. The van der Waals surface area contributed by atoms with Crippen molar-refractivity contribution in [2.75, 3.05) is 20.2 Å². The second kappa shape index (κ2) is 8.32. The average molecular weight is 408 g/mol. The van der Waals surface area contributed by atoms with E-state index in [1.54, 1.807) is 42.5 Å². The normalized spacial score (nSPS) is 21.9. The highest BCUT2D eigenvalue weighted by Gasteiger charge is 2.33. The number of carbonyl (C=O) groups excluding carboxylic acids is 2. The van der Waals surface area contributed by atoms with Gasteiger partial charge in [0, 0.05) is 5.92 Å². The Morgan fingerprint density at radius 1 is 1.27 bits per heavy atom. The second-order valence-corrected chi connectivity index (χ2v) is 8.12. The number of ether oxygens (including phenoxy) is 2. The van der Waals surface area contributed by atoms with Gasteiger partial charge in [-0.1, -0.05) is 19.1 Å². The molecule has 0 radical (unpaired) electrons. The predicted molar refractivity (Wildman–Crippen MR) is 112 cm³/mol. The van der Waals surface area contributed by atoms with E-state index in [2.05, 4.69) is 6.92 Å². The molecule has 156 valence electrons. The van der Waals surface area contributed by atoms with Gasteiger partial charge in [0.25, 0.3) is 0 Å². The quantitative estimate of drug-likeness (QED) is 0.601. The summed E-state index contributed by atoms with van der Waals surface area (Å²) in [6, 6.07) is 9.95. The number of quaternary nitrogens is 1. The number of likely N-dealkylation sites (tertiary alicyclic amines) is 1. The molecule has 30 heavy (non-hydrogen) atoms. The molecule has 1 unspecified atom stereocenters. The Bertz CT molecular complexity index is 1010. The molecule has 6 heteroatoms. The Morgan fingerprint density at radius 3 is 2.73 bits per heavy atom. The number of methoxy groups -OCH3 is 1. The highest BCUT2D eigenvalue weighted by molar-refractivity contribution is 6.15. The molecule has 2 atom stereocenters. The fraction of sp³-hybridized carbons (Fsp3) is 0.333. The molecular formula is C24H26NO5+. The molecule has 0 saturated carbocycles. The van der Waals surface area contributed by atoms with Crippen molar-refractivity contribution in [3.63, 3.8) is 0 Å². The number of Topliss-reactive ketones (excluding diaryl/α,β-unsaturated/α-hetero) is 1. The molecule has 0 aliphatic carbocycles. The minimum atomic E-state index is -0.413. The summed E-state index contributed by atoms with van der Waals surface area (Å²) in [6.07, 6.45) is 4.05. The Labute approximate surface area is 175 Å². The summed E-state index contributed by atoms with van der Waals surface area (Å²) in [4.78, 5) is 25.8. The van der Waals surface area contributed by atoms with Crippen molar-refractivity contribution in [2.45, 2.75) is 26.3 Å². The van der Waals surface area contributed by atoms with Gasteiger partial charge in [0.1, 0.15) is 12.3 Å². The van der Waals surface area contributed by atoms with Crippen LogP contribution in [0.3, 0.4) is 0 Å². The number of nitrogens with one attached hydrogen (secondary N) is 1. The fourth-order valence-corrected chi connectivity index (χ4v) is 4.26. The maximum atomic E-state index is 12.9. The lowest BCUT2D eigenvalue weighted by Gasteiger charge is -2.28. The number of hydrogen-bond acceptors (Lipinski definition) is 5. The fourth-order valence-electron chi connectivity index (χ4n) is 4.26. The van der Waals surface area contributed by atoms with Crippen LogP contribution >= 0.6 is 0 Å². The van der Waals surface area contributed by atoms with E-state index in [1.807, 2.05) is 0 Å². The van der Waals surface area contributed by atoms with Crippen molar-refractivity contribution in [2.24, 2.45) is 5.92 Å². The van der Waals surface area contributed by atoms with E-state index >= 15 is 0 Å². The van der Waals surface area contributed by atoms with E-state index in [0.717, 1.165) is 18.7 Å². The lowest BCUT2D eigenvalue weighted by molar-refractivity contribution is -0.922. The maximum absolute atomic E-state index is 12.9. The molecular weight excluding hydrogens is 382 g/mol. The zero-order valence-corrected chi connectivity index (χ0v) is 17.2. The summed E-state index contributed by atoms with van der Waals surface area (Å²) in [5.41, 5.74) is 2.34. The van der Waals surface area contributed by atoms with Crippen LogP contribution in [0.2, 0.25) is 0 Å². The van der Waals surface area contributed by atoms with Crippen molar-refractivity contribution in [3.05, 3.63) is 64.4 Å². The molecule has 4 rings (SSSR count). The molecule has 1 saturated heterocycles. The number of phenolic OH excluding ortho intramolecular Hbond substituents is 1. The summed E-state index contributed by atoms with van der Waals surface area (Å²) in [7, 11) is 1.33. The van der Waals surface area contributed by atoms with Gasteiger partial charge in [-0.25, -0.2) is 4.79 Å². The largest absolute Gasteiger partial charge is 0.507 e. The number of allylic oxidation sites excluding steroid dienone is 1. The van der Waals surface area contributed by atoms with E-state index in [-0.39, 0.29) is 17.3 Å². The Balaban J connectivity index is 1.59. The molecule has 2 N–H and O–H groups in total. The summed E-state index contributed by atoms with van der Waals surface area (Å²) in [5, 5.41) is 10.5. The smallest absolute Gasteiger partial charge is 0.337 e. The van der Waals surface area contributed by atoms with Crippen LogP contribution < -0.4 is 9.64 Å². The lowest BCUT2D eigenvalue weighted by Crippen LogP contribution is -3.12. The number of benzene rings is 2. The van der Waals surface area contributed by atoms with Crippen LogP contribution in [-0.4, -0.2) is 37.1 Å². The number of esters is 1. The van der Waals surface area contributed by atoms with Crippen molar-refractivity contribution >= 4 is 17.8 Å². The first-order valence-electron chi connectivity index (χ1n) is 10.3. The first kappa shape index (κ1) is 20.2. The van der Waals surface area contributed by atoms with Gasteiger partial charge in [-0.15, -0.1) is 0 Å². The number of fused-ring (bicyclic) bond motifs is 1. The van der Waals surface area contributed by atoms with Crippen molar-refractivity contribution in [1.82, 2.24) is 0 Å². The summed E-state index contributed by atoms with van der Waals surface area (Å²) in [5.74, 6) is 0.872. The minimum Gasteiger partial charge on any atom is -0.507 e. The van der Waals surface area contributed by atoms with Gasteiger partial charge in [-0.05, 0) is 48.7 Å². The molecule has 2 aromatic carbocycles. The third kappa shape index (κ3) is 3.96. The van der Waals surface area contributed by atoms with Crippen molar-refractivity contribution in [3.8, 4) is 11.5 Å². The van der Waals surface area contributed by atoms with E-state index < -0.39 is 5.97 Å². The van der Waals surface area contributed by atoms with Crippen LogP contribution in [0.1, 0.15) is 51.6 Å². The number of carbonyl (C=O) groups is 2. The summed E-state index contributed by atoms with van der Waals surface area (Å²) < 4.78 is 10.7. The second-order valence-electron chi connectivity index (χ2n) is 8.12. The monoisotopic (exact) mass is 408 g/mol. The highest BCUT2D eigenvalue weighted by Crippen LogP contribution is 2.39. The molecule has 6 nitrogen and oxygen atoms in total. The van der Waals surface area contributed by atoms with E-state index in [0.29, 0.717) is 34.9 Å². The first-order chi connectivity index (χ1) is 14.5. The summed E-state index contributed by atoms with van der Waals surface area (Å²) >= 11 is 0. The van der Waals surface area contributed by atoms with Gasteiger partial charge in [0.15, 0.2) is 11.5 Å². The average Bonchev–Trinajstić information content (AvgIpc) is 3.06. The third-order valence-corrected chi connectivity index (χ3v) is 5.84. The number of aromatic hydroxyl groups is 1. The van der Waals surface area contributed by atoms with E-state index in [4.69, 9.17) is 9.47 Å². The van der Waals surface area contributed by atoms with Crippen LogP contribution in [0.5, 0.6) is 11.5 Å². The number of hydrogen-bond donors (Lipinski definition) is 2. The van der Waals surface area contributed by atoms with Gasteiger partial charge >= 0.3 is 5.97 Å². The molecule has 0 amide bonds. The van der Waals surface area contributed by atoms with Gasteiger partial charge < -0.3 is 19.5 Å². The summed E-state index contributed by atoms with van der Waals surface area (Å²) in [6.45, 7) is 4.98. The van der Waals surface area contributed by atoms with Crippen LogP contribution in [0.4, 0.5) is 0 Å². The highest BCUT2D eigenvalue weighted by atomic mass is 16.5. The van der Waals surface area contributed by atoms with Gasteiger partial charge in [0.05, 0.1) is 36.9 Å². The SMILES string of the molecule is COC(=O)c1ccc(/C=C2\Oc3c(ccc(O)c3C[NH+]3CCC[C@H](C)C3)C2=O)cc1. The third-order valence-electron chi connectivity index (χ3n) is 5.84. The molecule has 2 aromatic rings. The van der Waals surface area contributed by atoms with Gasteiger partial charge in [-0.2, -0.15) is 0 Å². The lowest BCUT2D eigenvalue weighted by atomic mass is 9.99.